The summed E-state index contributed by atoms with van der Waals surface area (Å²) in [7, 11) is 4.51. The zero-order chi connectivity index (χ0) is 14.5. The molecule has 0 heterocycles. The van der Waals surface area contributed by atoms with Gasteiger partial charge in [-0.3, -0.25) is 4.79 Å². The highest BCUT2D eigenvalue weighted by atomic mass is 16.4. The fourth-order valence-corrected chi connectivity index (χ4v) is 0.874. The summed E-state index contributed by atoms with van der Waals surface area (Å²) in [4.78, 5) is 35.9. The maximum Gasteiger partial charge on any atom is 0.337 e. The molecule has 1 atom stereocenters. The van der Waals surface area contributed by atoms with E-state index in [1.54, 1.807) is 14.1 Å². The van der Waals surface area contributed by atoms with Gasteiger partial charge in [0.2, 0.25) is 5.91 Å². The number of carbonyl (C=O) groups is 3. The van der Waals surface area contributed by atoms with Crippen molar-refractivity contribution in [3.05, 3.63) is 0 Å². The molecular weight excluding hydrogens is 242 g/mol. The molecule has 104 valence electrons. The van der Waals surface area contributed by atoms with Crippen molar-refractivity contribution in [1.82, 2.24) is 15.1 Å². The van der Waals surface area contributed by atoms with E-state index < -0.39 is 24.1 Å². The first-order valence-corrected chi connectivity index (χ1v) is 5.23. The summed E-state index contributed by atoms with van der Waals surface area (Å²) in [6, 6.07) is -0.633. The fraction of sp³-hybridized carbons (Fsp3) is 0.700. The van der Waals surface area contributed by atoms with E-state index in [0.29, 0.717) is 0 Å². The maximum absolute atomic E-state index is 11.5. The van der Waals surface area contributed by atoms with Gasteiger partial charge in [0, 0.05) is 21.1 Å². The van der Waals surface area contributed by atoms with Crippen LogP contribution >= 0.6 is 0 Å². The van der Waals surface area contributed by atoms with Crippen molar-refractivity contribution in [2.75, 3.05) is 34.2 Å². The molecule has 18 heavy (non-hydrogen) atoms. The number of urea groups is 1. The zero-order valence-electron chi connectivity index (χ0n) is 10.9. The Hall–Kier alpha value is -1.83. The Morgan fingerprint density at radius 3 is 2.11 bits per heavy atom. The Bertz CT molecular complexity index is 340. The lowest BCUT2D eigenvalue weighted by atomic mass is 10.1. The summed E-state index contributed by atoms with van der Waals surface area (Å²) in [5, 5.41) is 20.3. The van der Waals surface area contributed by atoms with E-state index in [4.69, 9.17) is 5.11 Å². The molecule has 0 aromatic rings. The van der Waals surface area contributed by atoms with Crippen LogP contribution in [-0.4, -0.2) is 77.8 Å². The van der Waals surface area contributed by atoms with E-state index in [1.165, 1.54) is 11.9 Å². The molecule has 0 saturated heterocycles. The molecule has 3 N–H and O–H groups in total. The second-order valence-electron chi connectivity index (χ2n) is 4.38. The highest BCUT2D eigenvalue weighted by Gasteiger charge is 2.30. The quantitative estimate of drug-likeness (QED) is 0.561. The summed E-state index contributed by atoms with van der Waals surface area (Å²) >= 11 is 0. The van der Waals surface area contributed by atoms with Crippen LogP contribution in [0.2, 0.25) is 0 Å². The highest BCUT2D eigenvalue weighted by molar-refractivity contribution is 5.84. The van der Waals surface area contributed by atoms with Gasteiger partial charge in [0.1, 0.15) is 6.54 Å². The van der Waals surface area contributed by atoms with Gasteiger partial charge >= 0.3 is 12.0 Å². The summed E-state index contributed by atoms with van der Waals surface area (Å²) in [5.41, 5.74) is -2.04. The monoisotopic (exact) mass is 261 g/mol. The number of aliphatic hydroxyl groups is 1. The molecule has 0 radical (unpaired) electrons. The van der Waals surface area contributed by atoms with E-state index in [9.17, 15) is 19.5 Å². The minimum absolute atomic E-state index is 0.131. The number of amides is 3. The number of likely N-dealkylation sites (N-methyl/N-ethyl adjacent to an activating group) is 2. The van der Waals surface area contributed by atoms with Crippen molar-refractivity contribution in [3.63, 3.8) is 0 Å². The average Bonchev–Trinajstić information content (AvgIpc) is 2.25. The molecule has 0 aliphatic heterocycles. The number of carboxylic acids is 1. The molecule has 0 spiro atoms. The number of carboxylic acid groups (broad SMARTS) is 1. The predicted octanol–water partition coefficient (Wildman–Crippen LogP) is -1.45. The molecule has 0 bridgehead atoms. The molecule has 0 rings (SSSR count). The topological polar surface area (TPSA) is 110 Å². The molecule has 8 nitrogen and oxygen atoms in total. The summed E-state index contributed by atoms with van der Waals surface area (Å²) in [6.07, 6.45) is 0. The van der Waals surface area contributed by atoms with Crippen LogP contribution in [0.25, 0.3) is 0 Å². The Morgan fingerprint density at radius 1 is 1.22 bits per heavy atom. The average molecular weight is 261 g/mol. The van der Waals surface area contributed by atoms with Crippen LogP contribution < -0.4 is 5.32 Å². The van der Waals surface area contributed by atoms with E-state index in [2.05, 4.69) is 5.32 Å². The first kappa shape index (κ1) is 16.2. The van der Waals surface area contributed by atoms with Gasteiger partial charge in [0.05, 0.1) is 6.54 Å². The molecule has 8 heteroatoms. The molecule has 0 aliphatic rings. The number of carbonyl (C=O) groups excluding carboxylic acids is 2. The van der Waals surface area contributed by atoms with Gasteiger partial charge in [-0.05, 0) is 6.92 Å². The van der Waals surface area contributed by atoms with Crippen molar-refractivity contribution in [2.24, 2.45) is 0 Å². The first-order chi connectivity index (χ1) is 8.08. The first-order valence-electron chi connectivity index (χ1n) is 5.23. The van der Waals surface area contributed by atoms with Crippen molar-refractivity contribution >= 4 is 17.9 Å². The third kappa shape index (κ3) is 5.00. The zero-order valence-corrected chi connectivity index (χ0v) is 10.9. The van der Waals surface area contributed by atoms with E-state index in [1.807, 2.05) is 0 Å². The van der Waals surface area contributed by atoms with Gasteiger partial charge in [-0.25, -0.2) is 9.59 Å². The van der Waals surface area contributed by atoms with Crippen LogP contribution in [-0.2, 0) is 9.59 Å². The van der Waals surface area contributed by atoms with Crippen LogP contribution in [0.1, 0.15) is 6.92 Å². The molecule has 0 aromatic heterocycles. The van der Waals surface area contributed by atoms with Gasteiger partial charge in [-0.2, -0.15) is 0 Å². The van der Waals surface area contributed by atoms with Crippen LogP contribution in [0.3, 0.4) is 0 Å². The lowest BCUT2D eigenvalue weighted by Crippen LogP contribution is -2.50. The van der Waals surface area contributed by atoms with E-state index in [0.717, 1.165) is 11.8 Å². The van der Waals surface area contributed by atoms with Gasteiger partial charge in [0.15, 0.2) is 5.60 Å². The number of rotatable bonds is 5. The predicted molar refractivity (Wildman–Crippen MR) is 63.0 cm³/mol. The molecule has 0 aliphatic carbocycles. The standard InChI is InChI=1S/C10H19N3O5/c1-10(18,8(15)16)6-11-9(17)13(4)5-7(14)12(2)3/h18H,5-6H2,1-4H3,(H,11,17)(H,15,16). The molecule has 0 saturated carbocycles. The van der Waals surface area contributed by atoms with Gasteiger partial charge in [0.25, 0.3) is 0 Å². The molecule has 1 unspecified atom stereocenters. The molecular formula is C10H19N3O5. The normalized spacial score (nSPS) is 13.4. The van der Waals surface area contributed by atoms with Gasteiger partial charge in [-0.15, -0.1) is 0 Å². The molecule has 3 amide bonds. The highest BCUT2D eigenvalue weighted by Crippen LogP contribution is 2.01. The summed E-state index contributed by atoms with van der Waals surface area (Å²) in [6.45, 7) is 0.496. The summed E-state index contributed by atoms with van der Waals surface area (Å²) < 4.78 is 0. The van der Waals surface area contributed by atoms with Crippen molar-refractivity contribution < 1.29 is 24.6 Å². The van der Waals surface area contributed by atoms with Crippen LogP contribution in [0.4, 0.5) is 4.79 Å². The van der Waals surface area contributed by atoms with Crippen molar-refractivity contribution in [1.29, 1.82) is 0 Å². The van der Waals surface area contributed by atoms with Gasteiger partial charge in [-0.1, -0.05) is 0 Å². The smallest absolute Gasteiger partial charge is 0.337 e. The minimum atomic E-state index is -2.04. The third-order valence-corrected chi connectivity index (χ3v) is 2.26. The summed E-state index contributed by atoms with van der Waals surface area (Å²) in [5.74, 6) is -1.70. The number of nitrogens with zero attached hydrogens (tertiary/aromatic N) is 2. The van der Waals surface area contributed by atoms with E-state index in [-0.39, 0.29) is 12.5 Å². The second-order valence-corrected chi connectivity index (χ2v) is 4.38. The SMILES string of the molecule is CN(C)C(=O)CN(C)C(=O)NCC(C)(O)C(=O)O. The number of hydrogen-bond donors (Lipinski definition) is 3. The number of aliphatic carboxylic acids is 1. The van der Waals surface area contributed by atoms with Crippen LogP contribution in [0, 0.1) is 0 Å². The second kappa shape index (κ2) is 6.20. The van der Waals surface area contributed by atoms with Crippen molar-refractivity contribution in [3.8, 4) is 0 Å². The van der Waals surface area contributed by atoms with Gasteiger partial charge < -0.3 is 25.3 Å². The lowest BCUT2D eigenvalue weighted by molar-refractivity contribution is -0.155. The maximum atomic E-state index is 11.5. The molecule has 0 aromatic carbocycles. The number of nitrogens with one attached hydrogen (secondary N) is 1. The van der Waals surface area contributed by atoms with Crippen LogP contribution in [0.5, 0.6) is 0 Å². The van der Waals surface area contributed by atoms with Crippen LogP contribution in [0.15, 0.2) is 0 Å². The largest absolute Gasteiger partial charge is 0.479 e. The Balaban J connectivity index is 4.26. The Labute approximate surface area is 105 Å². The fourth-order valence-electron chi connectivity index (χ4n) is 0.874. The number of hydrogen-bond acceptors (Lipinski definition) is 4. The van der Waals surface area contributed by atoms with Crippen molar-refractivity contribution in [2.45, 2.75) is 12.5 Å². The Kier molecular flexibility index (Phi) is 5.57. The van der Waals surface area contributed by atoms with E-state index >= 15 is 0 Å². The minimum Gasteiger partial charge on any atom is -0.479 e. The Morgan fingerprint density at radius 2 is 1.72 bits per heavy atom. The third-order valence-electron chi connectivity index (χ3n) is 2.26. The lowest BCUT2D eigenvalue weighted by Gasteiger charge is -2.23. The molecule has 0 fully saturated rings.